The summed E-state index contributed by atoms with van der Waals surface area (Å²) in [5.74, 6) is 0.879. The summed E-state index contributed by atoms with van der Waals surface area (Å²) in [6, 6.07) is 0. The fourth-order valence-corrected chi connectivity index (χ4v) is 6.12. The molecular weight excluding hydrogens is 457 g/mol. The van der Waals surface area contributed by atoms with E-state index >= 15 is 0 Å². The molecule has 9 nitrogen and oxygen atoms in total. The molecule has 0 aliphatic carbocycles. The standard InChI is InChI=1S/C20H31F3N8OS/c21-20(22,23)13-9-14(24)26-10-12(13)17-28-18-16(19(29-17)31-5-7-32-8-6-31)33-15(27-18)11-30-3-1-25-2-4-30/h9-10,14-15,17-18,25-29H,1-8,11,24H2. The van der Waals surface area contributed by atoms with E-state index in [4.69, 9.17) is 10.5 Å². The monoisotopic (exact) mass is 488 g/mol. The van der Waals surface area contributed by atoms with Crippen molar-refractivity contribution in [2.45, 2.75) is 30.0 Å². The van der Waals surface area contributed by atoms with Crippen molar-refractivity contribution < 1.29 is 17.9 Å². The van der Waals surface area contributed by atoms with Crippen LogP contribution < -0.4 is 32.3 Å². The molecule has 4 atom stereocenters. The number of piperazine rings is 1. The SMILES string of the molecule is NC1C=C(C(F)(F)F)C(C2NC(N3CCOCC3)=C3SC(CN4CCNCC4)NC3N2)=CN1. The smallest absolute Gasteiger partial charge is 0.378 e. The number of nitrogens with one attached hydrogen (secondary N) is 5. The Labute approximate surface area is 195 Å². The third kappa shape index (κ3) is 5.14. The van der Waals surface area contributed by atoms with Crippen LogP contribution >= 0.6 is 11.8 Å². The molecule has 0 aromatic carbocycles. The number of morpholine rings is 1. The minimum atomic E-state index is -4.50. The van der Waals surface area contributed by atoms with E-state index in [2.05, 4.69) is 36.4 Å². The Morgan fingerprint density at radius 1 is 1.09 bits per heavy atom. The Bertz CT molecular complexity index is 823. The number of nitrogens with two attached hydrogens (primary N) is 1. The average Bonchev–Trinajstić information content (AvgIpc) is 3.21. The van der Waals surface area contributed by atoms with Crippen LogP contribution in [0.25, 0.3) is 0 Å². The van der Waals surface area contributed by atoms with Gasteiger partial charge in [0.15, 0.2) is 0 Å². The number of hydrogen-bond donors (Lipinski definition) is 6. The van der Waals surface area contributed by atoms with Crippen molar-refractivity contribution >= 4 is 11.8 Å². The number of hydrogen-bond acceptors (Lipinski definition) is 10. The zero-order chi connectivity index (χ0) is 23.0. The van der Waals surface area contributed by atoms with Gasteiger partial charge in [0.2, 0.25) is 0 Å². The number of alkyl halides is 3. The van der Waals surface area contributed by atoms with Gasteiger partial charge in [-0.15, -0.1) is 11.8 Å². The molecule has 3 saturated heterocycles. The summed E-state index contributed by atoms with van der Waals surface area (Å²) in [5, 5.41) is 16.7. The fraction of sp³-hybridized carbons (Fsp3) is 0.700. The van der Waals surface area contributed by atoms with Gasteiger partial charge in [-0.25, -0.2) is 0 Å². The van der Waals surface area contributed by atoms with Crippen LogP contribution in [0.4, 0.5) is 13.2 Å². The first kappa shape index (κ1) is 23.3. The van der Waals surface area contributed by atoms with Crippen LogP contribution in [0.15, 0.2) is 34.1 Å². The van der Waals surface area contributed by atoms with E-state index in [0.717, 1.165) is 49.5 Å². The zero-order valence-electron chi connectivity index (χ0n) is 18.3. The predicted octanol–water partition coefficient (Wildman–Crippen LogP) is -0.839. The molecular formula is C20H31F3N8OS. The Morgan fingerprint density at radius 2 is 1.85 bits per heavy atom. The number of nitrogens with zero attached hydrogens (tertiary/aromatic N) is 2. The van der Waals surface area contributed by atoms with Crippen LogP contribution in [0, 0.1) is 0 Å². The van der Waals surface area contributed by atoms with Gasteiger partial charge in [-0.05, 0) is 6.08 Å². The molecule has 0 saturated carbocycles. The minimum Gasteiger partial charge on any atom is -0.378 e. The summed E-state index contributed by atoms with van der Waals surface area (Å²) >= 11 is 1.75. The first-order chi connectivity index (χ1) is 15.9. The molecule has 5 aliphatic heterocycles. The molecule has 5 aliphatic rings. The van der Waals surface area contributed by atoms with Gasteiger partial charge in [-0.1, -0.05) is 0 Å². The Kier molecular flexibility index (Phi) is 6.80. The van der Waals surface area contributed by atoms with Gasteiger partial charge in [-0.3, -0.25) is 15.5 Å². The maximum absolute atomic E-state index is 13.8. The van der Waals surface area contributed by atoms with Gasteiger partial charge >= 0.3 is 6.18 Å². The van der Waals surface area contributed by atoms with Crippen LogP contribution in [0.1, 0.15) is 0 Å². The van der Waals surface area contributed by atoms with Crippen LogP contribution in [-0.4, -0.2) is 98.9 Å². The maximum Gasteiger partial charge on any atom is 0.416 e. The summed E-state index contributed by atoms with van der Waals surface area (Å²) < 4.78 is 47.0. The van der Waals surface area contributed by atoms with Crippen molar-refractivity contribution in [1.29, 1.82) is 0 Å². The first-order valence-electron chi connectivity index (χ1n) is 11.3. The molecule has 13 heteroatoms. The lowest BCUT2D eigenvalue weighted by molar-refractivity contribution is -0.0908. The number of rotatable bonds is 4. The normalized spacial score (nSPS) is 33.8. The van der Waals surface area contributed by atoms with E-state index in [9.17, 15) is 13.2 Å². The highest BCUT2D eigenvalue weighted by Crippen LogP contribution is 2.39. The molecule has 0 aromatic heterocycles. The number of fused-ring (bicyclic) bond motifs is 1. The molecule has 0 amide bonds. The second kappa shape index (κ2) is 9.64. The second-order valence-electron chi connectivity index (χ2n) is 8.68. The van der Waals surface area contributed by atoms with E-state index in [-0.39, 0.29) is 17.1 Å². The highest BCUT2D eigenvalue weighted by molar-refractivity contribution is 8.04. The Balaban J connectivity index is 1.39. The number of dihydropyridines is 1. The lowest BCUT2D eigenvalue weighted by atomic mass is 9.98. The molecule has 3 fully saturated rings. The number of ether oxygens (including phenoxy) is 1. The summed E-state index contributed by atoms with van der Waals surface area (Å²) in [7, 11) is 0. The van der Waals surface area contributed by atoms with Crippen LogP contribution in [0.5, 0.6) is 0 Å². The Hall–Kier alpha value is -1.48. The average molecular weight is 489 g/mol. The largest absolute Gasteiger partial charge is 0.416 e. The van der Waals surface area contributed by atoms with Gasteiger partial charge in [0, 0.05) is 57.6 Å². The van der Waals surface area contributed by atoms with Crippen LogP contribution in [0.3, 0.4) is 0 Å². The van der Waals surface area contributed by atoms with E-state index in [1.807, 2.05) is 0 Å². The van der Waals surface area contributed by atoms with Gasteiger partial charge in [-0.2, -0.15) is 13.2 Å². The third-order valence-corrected chi connectivity index (χ3v) is 7.65. The first-order valence-corrected chi connectivity index (χ1v) is 12.2. The van der Waals surface area contributed by atoms with Crippen molar-refractivity contribution in [1.82, 2.24) is 36.4 Å². The highest BCUT2D eigenvalue weighted by atomic mass is 32.2. The molecule has 5 rings (SSSR count). The summed E-state index contributed by atoms with van der Waals surface area (Å²) in [5.41, 5.74) is 5.11. The van der Waals surface area contributed by atoms with Crippen molar-refractivity contribution in [3.63, 3.8) is 0 Å². The van der Waals surface area contributed by atoms with E-state index in [0.29, 0.717) is 26.3 Å². The predicted molar refractivity (Wildman–Crippen MR) is 120 cm³/mol. The molecule has 4 unspecified atom stereocenters. The highest BCUT2D eigenvalue weighted by Gasteiger charge is 2.45. The topological polar surface area (TPSA) is 102 Å². The van der Waals surface area contributed by atoms with Crippen molar-refractivity contribution in [3.8, 4) is 0 Å². The summed E-state index contributed by atoms with van der Waals surface area (Å²) in [6.07, 6.45) is -3.92. The zero-order valence-corrected chi connectivity index (χ0v) is 19.1. The molecule has 0 radical (unpaired) electrons. The van der Waals surface area contributed by atoms with E-state index < -0.39 is 24.1 Å². The summed E-state index contributed by atoms with van der Waals surface area (Å²) in [6.45, 7) is 7.38. The van der Waals surface area contributed by atoms with Gasteiger partial charge in [0.1, 0.15) is 12.0 Å². The maximum atomic E-state index is 13.8. The van der Waals surface area contributed by atoms with Crippen LogP contribution in [0.2, 0.25) is 0 Å². The Morgan fingerprint density at radius 3 is 2.58 bits per heavy atom. The van der Waals surface area contributed by atoms with Crippen LogP contribution in [-0.2, 0) is 4.74 Å². The molecule has 5 heterocycles. The van der Waals surface area contributed by atoms with Gasteiger partial charge in [0.05, 0.1) is 41.4 Å². The summed E-state index contributed by atoms with van der Waals surface area (Å²) in [4.78, 5) is 5.69. The van der Waals surface area contributed by atoms with Crippen molar-refractivity contribution in [3.05, 3.63) is 34.1 Å². The van der Waals surface area contributed by atoms with Crippen molar-refractivity contribution in [2.24, 2.45) is 5.73 Å². The van der Waals surface area contributed by atoms with E-state index in [1.54, 1.807) is 11.8 Å². The van der Waals surface area contributed by atoms with Gasteiger partial charge < -0.3 is 31.3 Å². The third-order valence-electron chi connectivity index (χ3n) is 6.40. The molecule has 0 aromatic rings. The lowest BCUT2D eigenvalue weighted by Crippen LogP contribution is -2.61. The quantitative estimate of drug-likeness (QED) is 0.300. The van der Waals surface area contributed by atoms with Crippen molar-refractivity contribution in [2.75, 3.05) is 59.0 Å². The number of thioether (sulfide) groups is 1. The fourth-order valence-electron chi connectivity index (χ4n) is 4.75. The molecule has 184 valence electrons. The molecule has 33 heavy (non-hydrogen) atoms. The number of halogens is 3. The minimum absolute atomic E-state index is 0.103. The lowest BCUT2D eigenvalue weighted by Gasteiger charge is -2.41. The molecule has 7 N–H and O–H groups in total. The second-order valence-corrected chi connectivity index (χ2v) is 9.93. The molecule has 0 spiro atoms. The van der Waals surface area contributed by atoms with E-state index in [1.165, 1.54) is 6.20 Å². The van der Waals surface area contributed by atoms with Gasteiger partial charge in [0.25, 0.3) is 0 Å². The molecule has 0 bridgehead atoms.